The summed E-state index contributed by atoms with van der Waals surface area (Å²) in [5.41, 5.74) is 0.365. The third kappa shape index (κ3) is 2.37. The molecular formula is C14H18FNO2. The average Bonchev–Trinajstić information content (AvgIpc) is 2.76. The summed E-state index contributed by atoms with van der Waals surface area (Å²) >= 11 is 0. The number of aromatic nitrogens is 1. The highest BCUT2D eigenvalue weighted by atomic mass is 19.1. The Morgan fingerprint density at radius 2 is 2.39 bits per heavy atom. The molecule has 0 amide bonds. The molecule has 0 radical (unpaired) electrons. The number of carbonyl (C=O) groups is 1. The van der Waals surface area contributed by atoms with E-state index >= 15 is 0 Å². The maximum atomic E-state index is 12.8. The van der Waals surface area contributed by atoms with Crippen LogP contribution in [0.15, 0.2) is 18.3 Å². The highest BCUT2D eigenvalue weighted by molar-refractivity contribution is 5.75. The molecule has 2 rings (SSSR count). The monoisotopic (exact) mass is 251 g/mol. The number of aliphatic carboxylic acids is 1. The molecule has 0 aromatic carbocycles. The fourth-order valence-electron chi connectivity index (χ4n) is 3.05. The minimum absolute atomic E-state index is 0.195. The maximum absolute atomic E-state index is 12.8. The predicted molar refractivity (Wildman–Crippen MR) is 65.8 cm³/mol. The number of hydrogen-bond donors (Lipinski definition) is 1. The Morgan fingerprint density at radius 3 is 2.94 bits per heavy atom. The van der Waals surface area contributed by atoms with Gasteiger partial charge in [0, 0.05) is 6.20 Å². The smallest absolute Gasteiger partial charge is 0.309 e. The molecule has 3 nitrogen and oxygen atoms in total. The highest BCUT2D eigenvalue weighted by Crippen LogP contribution is 2.49. The van der Waals surface area contributed by atoms with Crippen LogP contribution in [0.1, 0.15) is 50.5 Å². The third-order valence-corrected chi connectivity index (χ3v) is 4.01. The van der Waals surface area contributed by atoms with Crippen molar-refractivity contribution in [2.75, 3.05) is 0 Å². The lowest BCUT2D eigenvalue weighted by Gasteiger charge is -2.23. The first-order chi connectivity index (χ1) is 8.57. The summed E-state index contributed by atoms with van der Waals surface area (Å²) in [5.74, 6) is -0.988. The number of carboxylic acid groups (broad SMARTS) is 1. The standard InChI is InChI=1S/C14H18FNO2/c1-2-6-14(13(17)18)7-5-10(8-14)11-3-4-12(15)16-9-11/h3-4,9-10H,2,5-8H2,1H3,(H,17,18)/t10-,14+/m0/s1. The summed E-state index contributed by atoms with van der Waals surface area (Å²) in [6.45, 7) is 2.01. The molecule has 1 saturated carbocycles. The number of nitrogens with zero attached hydrogens (tertiary/aromatic N) is 1. The van der Waals surface area contributed by atoms with Gasteiger partial charge in [-0.3, -0.25) is 4.79 Å². The minimum atomic E-state index is -0.693. The van der Waals surface area contributed by atoms with Crippen LogP contribution in [0.4, 0.5) is 4.39 Å². The number of rotatable bonds is 4. The van der Waals surface area contributed by atoms with Crippen molar-refractivity contribution in [2.24, 2.45) is 5.41 Å². The van der Waals surface area contributed by atoms with Crippen molar-refractivity contribution in [3.63, 3.8) is 0 Å². The summed E-state index contributed by atoms with van der Waals surface area (Å²) in [6, 6.07) is 3.06. The van der Waals surface area contributed by atoms with Gasteiger partial charge in [0.15, 0.2) is 0 Å². The predicted octanol–water partition coefficient (Wildman–Crippen LogP) is 3.36. The van der Waals surface area contributed by atoms with Crippen LogP contribution in [0.5, 0.6) is 0 Å². The van der Waals surface area contributed by atoms with E-state index in [1.807, 2.05) is 6.92 Å². The van der Waals surface area contributed by atoms with Crippen LogP contribution in [0.2, 0.25) is 0 Å². The van der Waals surface area contributed by atoms with Gasteiger partial charge in [0.25, 0.3) is 0 Å². The van der Waals surface area contributed by atoms with Gasteiger partial charge in [-0.05, 0) is 43.2 Å². The maximum Gasteiger partial charge on any atom is 0.309 e. The van der Waals surface area contributed by atoms with Crippen LogP contribution < -0.4 is 0 Å². The van der Waals surface area contributed by atoms with E-state index in [0.29, 0.717) is 19.3 Å². The fraction of sp³-hybridized carbons (Fsp3) is 0.571. The lowest BCUT2D eigenvalue weighted by atomic mass is 9.80. The molecule has 18 heavy (non-hydrogen) atoms. The second-order valence-electron chi connectivity index (χ2n) is 5.19. The van der Waals surface area contributed by atoms with Crippen LogP contribution in [0, 0.1) is 11.4 Å². The van der Waals surface area contributed by atoms with E-state index in [-0.39, 0.29) is 5.92 Å². The largest absolute Gasteiger partial charge is 0.481 e. The first kappa shape index (κ1) is 13.0. The normalized spacial score (nSPS) is 27.3. The van der Waals surface area contributed by atoms with Gasteiger partial charge in [-0.1, -0.05) is 19.4 Å². The van der Waals surface area contributed by atoms with Crippen molar-refractivity contribution >= 4 is 5.97 Å². The van der Waals surface area contributed by atoms with Gasteiger partial charge < -0.3 is 5.11 Å². The molecule has 1 fully saturated rings. The number of pyridine rings is 1. The molecule has 1 aliphatic carbocycles. The molecule has 1 aromatic heterocycles. The Labute approximate surface area is 106 Å². The van der Waals surface area contributed by atoms with Gasteiger partial charge in [0.1, 0.15) is 0 Å². The van der Waals surface area contributed by atoms with E-state index in [2.05, 4.69) is 4.98 Å². The molecule has 98 valence electrons. The summed E-state index contributed by atoms with van der Waals surface area (Å²) in [4.78, 5) is 15.1. The molecule has 0 saturated heterocycles. The Bertz CT molecular complexity index is 432. The summed E-state index contributed by atoms with van der Waals surface area (Å²) in [7, 11) is 0. The van der Waals surface area contributed by atoms with E-state index in [1.165, 1.54) is 12.3 Å². The second kappa shape index (κ2) is 5.04. The van der Waals surface area contributed by atoms with E-state index in [4.69, 9.17) is 0 Å². The van der Waals surface area contributed by atoms with Crippen molar-refractivity contribution in [3.05, 3.63) is 29.8 Å². The zero-order chi connectivity index (χ0) is 13.2. The average molecular weight is 251 g/mol. The SMILES string of the molecule is CCC[C@@]1(C(=O)O)CC[C@H](c2ccc(F)nc2)C1. The number of hydrogen-bond acceptors (Lipinski definition) is 2. The molecule has 1 aliphatic rings. The zero-order valence-electron chi connectivity index (χ0n) is 10.5. The number of halogens is 1. The molecule has 0 bridgehead atoms. The zero-order valence-corrected chi connectivity index (χ0v) is 10.5. The third-order valence-electron chi connectivity index (χ3n) is 4.01. The van der Waals surface area contributed by atoms with Gasteiger partial charge in [-0.25, -0.2) is 4.98 Å². The summed E-state index contributed by atoms with van der Waals surface area (Å²) in [6.07, 6.45) is 5.32. The Kier molecular flexibility index (Phi) is 3.64. The summed E-state index contributed by atoms with van der Waals surface area (Å²) in [5, 5.41) is 9.43. The van der Waals surface area contributed by atoms with Crippen molar-refractivity contribution in [1.82, 2.24) is 4.98 Å². The molecule has 1 aromatic rings. The van der Waals surface area contributed by atoms with Crippen molar-refractivity contribution in [2.45, 2.75) is 44.9 Å². The van der Waals surface area contributed by atoms with Gasteiger partial charge in [0.05, 0.1) is 5.41 Å². The van der Waals surface area contributed by atoms with Gasteiger partial charge in [-0.2, -0.15) is 4.39 Å². The van der Waals surface area contributed by atoms with Crippen molar-refractivity contribution in [1.29, 1.82) is 0 Å². The van der Waals surface area contributed by atoms with Gasteiger partial charge in [-0.15, -0.1) is 0 Å². The molecule has 0 aliphatic heterocycles. The number of carboxylic acids is 1. The van der Waals surface area contributed by atoms with Crippen LogP contribution in [-0.4, -0.2) is 16.1 Å². The molecule has 4 heteroatoms. The first-order valence-corrected chi connectivity index (χ1v) is 6.42. The van der Waals surface area contributed by atoms with Crippen LogP contribution in [0.3, 0.4) is 0 Å². The Balaban J connectivity index is 2.15. The lowest BCUT2D eigenvalue weighted by Crippen LogP contribution is -2.27. The van der Waals surface area contributed by atoms with Crippen LogP contribution >= 0.6 is 0 Å². The molecule has 1 N–H and O–H groups in total. The lowest BCUT2D eigenvalue weighted by molar-refractivity contribution is -0.149. The topological polar surface area (TPSA) is 50.2 Å². The Morgan fingerprint density at radius 1 is 1.61 bits per heavy atom. The van der Waals surface area contributed by atoms with E-state index in [1.54, 1.807) is 6.07 Å². The van der Waals surface area contributed by atoms with Crippen LogP contribution in [0.25, 0.3) is 0 Å². The second-order valence-corrected chi connectivity index (χ2v) is 5.19. The van der Waals surface area contributed by atoms with E-state index in [0.717, 1.165) is 18.4 Å². The van der Waals surface area contributed by atoms with Gasteiger partial charge >= 0.3 is 5.97 Å². The highest BCUT2D eigenvalue weighted by Gasteiger charge is 2.44. The summed E-state index contributed by atoms with van der Waals surface area (Å²) < 4.78 is 12.8. The molecule has 1 heterocycles. The first-order valence-electron chi connectivity index (χ1n) is 6.42. The van der Waals surface area contributed by atoms with Gasteiger partial charge in [0.2, 0.25) is 5.95 Å². The molecule has 2 atom stereocenters. The fourth-order valence-corrected chi connectivity index (χ4v) is 3.05. The molecular weight excluding hydrogens is 233 g/mol. The van der Waals surface area contributed by atoms with Crippen molar-refractivity contribution in [3.8, 4) is 0 Å². The van der Waals surface area contributed by atoms with Crippen molar-refractivity contribution < 1.29 is 14.3 Å². The molecule has 0 unspecified atom stereocenters. The van der Waals surface area contributed by atoms with E-state index < -0.39 is 17.3 Å². The quantitative estimate of drug-likeness (QED) is 0.835. The minimum Gasteiger partial charge on any atom is -0.481 e. The Hall–Kier alpha value is -1.45. The van der Waals surface area contributed by atoms with Crippen LogP contribution in [-0.2, 0) is 4.79 Å². The molecule has 0 spiro atoms. The van der Waals surface area contributed by atoms with E-state index in [9.17, 15) is 14.3 Å².